The Labute approximate surface area is 54.0 Å². The van der Waals surface area contributed by atoms with E-state index in [2.05, 4.69) is 5.32 Å². The van der Waals surface area contributed by atoms with Crippen LogP contribution in [0.15, 0.2) is 0 Å². The van der Waals surface area contributed by atoms with Crippen molar-refractivity contribution in [1.29, 1.82) is 0 Å². The van der Waals surface area contributed by atoms with Gasteiger partial charge in [-0.3, -0.25) is 0 Å². The van der Waals surface area contributed by atoms with Crippen LogP contribution >= 0.6 is 0 Å². The maximum absolute atomic E-state index is 10.0. The third kappa shape index (κ3) is 7.23. The first-order chi connectivity index (χ1) is 3.92. The van der Waals surface area contributed by atoms with Gasteiger partial charge in [0.25, 0.3) is 0 Å². The molecule has 0 radical (unpaired) electrons. The lowest BCUT2D eigenvalue weighted by atomic mass is 10.1. The van der Waals surface area contributed by atoms with Crippen molar-refractivity contribution in [3.8, 4) is 0 Å². The second kappa shape index (κ2) is 2.68. The van der Waals surface area contributed by atoms with E-state index in [9.17, 15) is 4.79 Å². The number of primary amides is 1. The van der Waals surface area contributed by atoms with Crippen LogP contribution in [0.4, 0.5) is 4.79 Å². The molecule has 9 heavy (non-hydrogen) atoms. The fourth-order valence-corrected chi connectivity index (χ4v) is 0.303. The molecule has 0 aliphatic carbocycles. The number of hydrogen-bond donors (Lipinski definition) is 3. The highest BCUT2D eigenvalue weighted by Crippen LogP contribution is 1.95. The number of amides is 2. The van der Waals surface area contributed by atoms with E-state index in [0.717, 1.165) is 0 Å². The Morgan fingerprint density at radius 2 is 2.22 bits per heavy atom. The summed E-state index contributed by atoms with van der Waals surface area (Å²) in [6.45, 7) is 3.36. The van der Waals surface area contributed by atoms with Crippen LogP contribution in [0, 0.1) is 0 Å². The van der Waals surface area contributed by atoms with Gasteiger partial charge in [-0.15, -0.1) is 0 Å². The summed E-state index contributed by atoms with van der Waals surface area (Å²) in [5.41, 5.74) is 3.86. The standard InChI is InChI=1S/C5H12N2O2/c1-5(2,9)3-7-4(6)8/h9H,3H2,1-2H3,(H3,6,7,8). The lowest BCUT2D eigenvalue weighted by Crippen LogP contribution is -2.40. The Morgan fingerprint density at radius 3 is 2.33 bits per heavy atom. The SMILES string of the molecule is CC(C)(O)CNC(N)=O. The molecule has 0 bridgehead atoms. The number of hydrogen-bond acceptors (Lipinski definition) is 2. The first-order valence-corrected chi connectivity index (χ1v) is 2.67. The topological polar surface area (TPSA) is 75.3 Å². The van der Waals surface area contributed by atoms with Crippen LogP contribution in [-0.4, -0.2) is 23.3 Å². The van der Waals surface area contributed by atoms with E-state index in [1.54, 1.807) is 13.8 Å². The van der Waals surface area contributed by atoms with Crippen LogP contribution in [0.2, 0.25) is 0 Å². The van der Waals surface area contributed by atoms with Crippen molar-refractivity contribution in [1.82, 2.24) is 5.32 Å². The van der Waals surface area contributed by atoms with Gasteiger partial charge >= 0.3 is 6.03 Å². The number of urea groups is 1. The second-order valence-electron chi connectivity index (χ2n) is 2.53. The minimum atomic E-state index is -0.880. The Balaban J connectivity index is 3.39. The Kier molecular flexibility index (Phi) is 2.45. The highest BCUT2D eigenvalue weighted by atomic mass is 16.3. The molecule has 0 spiro atoms. The van der Waals surface area contributed by atoms with E-state index in [0.29, 0.717) is 0 Å². The molecular formula is C5H12N2O2. The maximum atomic E-state index is 10.0. The van der Waals surface area contributed by atoms with E-state index >= 15 is 0 Å². The van der Waals surface area contributed by atoms with Crippen LogP contribution in [0.5, 0.6) is 0 Å². The molecule has 2 amide bonds. The van der Waals surface area contributed by atoms with Gasteiger partial charge in [0.1, 0.15) is 0 Å². The minimum Gasteiger partial charge on any atom is -0.389 e. The summed E-state index contributed by atoms with van der Waals surface area (Å²) in [6.07, 6.45) is 0. The fraction of sp³-hybridized carbons (Fsp3) is 0.800. The van der Waals surface area contributed by atoms with Gasteiger partial charge in [0.05, 0.1) is 5.60 Å². The van der Waals surface area contributed by atoms with Crippen LogP contribution in [-0.2, 0) is 0 Å². The highest BCUT2D eigenvalue weighted by molar-refractivity contribution is 5.71. The lowest BCUT2D eigenvalue weighted by Gasteiger charge is -2.15. The third-order valence-corrected chi connectivity index (χ3v) is 0.695. The zero-order chi connectivity index (χ0) is 7.49. The summed E-state index contributed by atoms with van der Waals surface area (Å²) >= 11 is 0. The molecule has 4 heteroatoms. The summed E-state index contributed by atoms with van der Waals surface area (Å²) in [7, 11) is 0. The molecular weight excluding hydrogens is 120 g/mol. The monoisotopic (exact) mass is 132 g/mol. The Morgan fingerprint density at radius 1 is 1.78 bits per heavy atom. The van der Waals surface area contributed by atoms with E-state index in [4.69, 9.17) is 10.8 Å². The number of carbonyl (C=O) groups excluding carboxylic acids is 1. The van der Waals surface area contributed by atoms with Gasteiger partial charge in [-0.25, -0.2) is 4.79 Å². The molecule has 0 aliphatic rings. The number of aliphatic hydroxyl groups is 1. The molecule has 0 heterocycles. The average molecular weight is 132 g/mol. The Hall–Kier alpha value is -0.770. The number of rotatable bonds is 2. The van der Waals surface area contributed by atoms with Gasteiger partial charge in [0.15, 0.2) is 0 Å². The van der Waals surface area contributed by atoms with Gasteiger partial charge in [-0.1, -0.05) is 0 Å². The maximum Gasteiger partial charge on any atom is 0.312 e. The van der Waals surface area contributed by atoms with Gasteiger partial charge < -0.3 is 16.2 Å². The molecule has 0 aliphatic heterocycles. The summed E-state index contributed by atoms with van der Waals surface area (Å²) in [4.78, 5) is 10.0. The van der Waals surface area contributed by atoms with Crippen molar-refractivity contribution in [2.24, 2.45) is 5.73 Å². The normalized spacial score (nSPS) is 11.0. The van der Waals surface area contributed by atoms with Crippen LogP contribution in [0.25, 0.3) is 0 Å². The molecule has 0 aromatic carbocycles. The zero-order valence-corrected chi connectivity index (χ0v) is 5.64. The summed E-state index contributed by atoms with van der Waals surface area (Å²) in [6, 6.07) is -0.614. The van der Waals surface area contributed by atoms with Crippen molar-refractivity contribution in [2.45, 2.75) is 19.4 Å². The fourth-order valence-electron chi connectivity index (χ4n) is 0.303. The highest BCUT2D eigenvalue weighted by Gasteiger charge is 2.11. The largest absolute Gasteiger partial charge is 0.389 e. The average Bonchev–Trinajstić information content (AvgIpc) is 1.59. The summed E-state index contributed by atoms with van der Waals surface area (Å²) < 4.78 is 0. The number of nitrogens with one attached hydrogen (secondary N) is 1. The molecule has 0 fully saturated rings. The summed E-state index contributed by atoms with van der Waals surface area (Å²) in [5.74, 6) is 0. The van der Waals surface area contributed by atoms with Gasteiger partial charge in [0, 0.05) is 6.54 Å². The molecule has 0 atom stereocenters. The van der Waals surface area contributed by atoms with Crippen molar-refractivity contribution >= 4 is 6.03 Å². The molecule has 0 unspecified atom stereocenters. The van der Waals surface area contributed by atoms with Crippen LogP contribution in [0.1, 0.15) is 13.8 Å². The van der Waals surface area contributed by atoms with Crippen molar-refractivity contribution in [3.63, 3.8) is 0 Å². The van der Waals surface area contributed by atoms with Crippen molar-refractivity contribution in [3.05, 3.63) is 0 Å². The molecule has 0 saturated carbocycles. The zero-order valence-electron chi connectivity index (χ0n) is 5.64. The van der Waals surface area contributed by atoms with Gasteiger partial charge in [0.2, 0.25) is 0 Å². The van der Waals surface area contributed by atoms with Gasteiger partial charge in [-0.2, -0.15) is 0 Å². The van der Waals surface area contributed by atoms with Gasteiger partial charge in [-0.05, 0) is 13.8 Å². The predicted octanol–water partition coefficient (Wildman–Crippen LogP) is -0.574. The number of carbonyl (C=O) groups is 1. The second-order valence-corrected chi connectivity index (χ2v) is 2.53. The first kappa shape index (κ1) is 8.23. The van der Waals surface area contributed by atoms with E-state index in [1.807, 2.05) is 0 Å². The molecule has 4 nitrogen and oxygen atoms in total. The minimum absolute atomic E-state index is 0.183. The first-order valence-electron chi connectivity index (χ1n) is 2.67. The van der Waals surface area contributed by atoms with Crippen LogP contribution in [0.3, 0.4) is 0 Å². The Bertz CT molecular complexity index is 106. The third-order valence-electron chi connectivity index (χ3n) is 0.695. The smallest absolute Gasteiger partial charge is 0.312 e. The predicted molar refractivity (Wildman–Crippen MR) is 33.9 cm³/mol. The summed E-state index contributed by atoms with van der Waals surface area (Å²) in [5, 5.41) is 11.3. The van der Waals surface area contributed by atoms with E-state index in [-0.39, 0.29) is 6.54 Å². The van der Waals surface area contributed by atoms with Crippen molar-refractivity contribution < 1.29 is 9.90 Å². The van der Waals surface area contributed by atoms with E-state index in [1.165, 1.54) is 0 Å². The molecule has 0 saturated heterocycles. The number of nitrogens with two attached hydrogens (primary N) is 1. The lowest BCUT2D eigenvalue weighted by molar-refractivity contribution is 0.0824. The van der Waals surface area contributed by atoms with Crippen molar-refractivity contribution in [2.75, 3.05) is 6.54 Å². The molecule has 54 valence electrons. The molecule has 4 N–H and O–H groups in total. The molecule has 0 aromatic heterocycles. The van der Waals surface area contributed by atoms with Crippen LogP contribution < -0.4 is 11.1 Å². The van der Waals surface area contributed by atoms with E-state index < -0.39 is 11.6 Å². The molecule has 0 rings (SSSR count). The molecule has 0 aromatic rings. The quantitative estimate of drug-likeness (QED) is 0.470.